The molecule has 1 saturated heterocycles. The summed E-state index contributed by atoms with van der Waals surface area (Å²) in [4.78, 5) is 2.26. The maximum Gasteiger partial charge on any atom is 0.0653 e. The van der Waals surface area contributed by atoms with Crippen LogP contribution in [0.15, 0.2) is 18.2 Å². The van der Waals surface area contributed by atoms with E-state index in [1.807, 2.05) is 25.1 Å². The van der Waals surface area contributed by atoms with Crippen LogP contribution in [0.4, 0.5) is 5.69 Å². The lowest BCUT2D eigenvalue weighted by molar-refractivity contribution is 0.0351. The molecule has 0 spiro atoms. The third-order valence-electron chi connectivity index (χ3n) is 3.48. The Balaban J connectivity index is 2.21. The fourth-order valence-corrected chi connectivity index (χ4v) is 2.52. The number of nitrogens with two attached hydrogens (primary N) is 1. The normalized spacial score (nSPS) is 19.4. The van der Waals surface area contributed by atoms with Crippen molar-refractivity contribution in [2.45, 2.75) is 31.9 Å². The van der Waals surface area contributed by atoms with E-state index >= 15 is 0 Å². The minimum atomic E-state index is -0.530. The monoisotopic (exact) mass is 254 g/mol. The zero-order valence-electron chi connectivity index (χ0n) is 10.1. The van der Waals surface area contributed by atoms with E-state index in [1.54, 1.807) is 0 Å². The average Bonchev–Trinajstić information content (AvgIpc) is 2.29. The van der Waals surface area contributed by atoms with E-state index in [-0.39, 0.29) is 0 Å². The molecule has 0 bridgehead atoms. The van der Waals surface area contributed by atoms with Crippen molar-refractivity contribution in [3.63, 3.8) is 0 Å². The van der Waals surface area contributed by atoms with Gasteiger partial charge in [0.25, 0.3) is 0 Å². The van der Waals surface area contributed by atoms with Gasteiger partial charge in [0.15, 0.2) is 0 Å². The van der Waals surface area contributed by atoms with Gasteiger partial charge < -0.3 is 15.7 Å². The van der Waals surface area contributed by atoms with Crippen LogP contribution in [-0.4, -0.2) is 23.8 Å². The fraction of sp³-hybridized carbons (Fsp3) is 0.538. The summed E-state index contributed by atoms with van der Waals surface area (Å²) in [5.41, 5.74) is 7.32. The molecular weight excluding hydrogens is 236 g/mol. The van der Waals surface area contributed by atoms with Crippen LogP contribution in [0.25, 0.3) is 0 Å². The zero-order chi connectivity index (χ0) is 12.5. The second-order valence-corrected chi connectivity index (χ2v) is 5.33. The molecule has 17 heavy (non-hydrogen) atoms. The highest BCUT2D eigenvalue weighted by molar-refractivity contribution is 6.31. The van der Waals surface area contributed by atoms with E-state index in [0.29, 0.717) is 6.54 Å². The van der Waals surface area contributed by atoms with Gasteiger partial charge in [-0.2, -0.15) is 0 Å². The Bertz CT molecular complexity index is 396. The Morgan fingerprint density at radius 1 is 1.41 bits per heavy atom. The fourth-order valence-electron chi connectivity index (χ4n) is 2.27. The molecule has 0 aliphatic carbocycles. The van der Waals surface area contributed by atoms with Crippen LogP contribution in [0.1, 0.15) is 25.3 Å². The van der Waals surface area contributed by atoms with E-state index < -0.39 is 5.60 Å². The van der Waals surface area contributed by atoms with Crippen LogP contribution in [-0.2, 0) is 6.54 Å². The summed E-state index contributed by atoms with van der Waals surface area (Å²) < 4.78 is 0. The Morgan fingerprint density at radius 2 is 2.06 bits per heavy atom. The minimum absolute atomic E-state index is 0.446. The minimum Gasteiger partial charge on any atom is -0.390 e. The largest absolute Gasteiger partial charge is 0.390 e. The molecule has 3 nitrogen and oxygen atoms in total. The van der Waals surface area contributed by atoms with Gasteiger partial charge in [-0.1, -0.05) is 17.7 Å². The number of hydrogen-bond donors (Lipinski definition) is 2. The second-order valence-electron chi connectivity index (χ2n) is 4.93. The van der Waals surface area contributed by atoms with Gasteiger partial charge >= 0.3 is 0 Å². The van der Waals surface area contributed by atoms with Gasteiger partial charge in [0.1, 0.15) is 0 Å². The molecule has 94 valence electrons. The van der Waals surface area contributed by atoms with Gasteiger partial charge in [0, 0.05) is 35.9 Å². The summed E-state index contributed by atoms with van der Waals surface area (Å²) in [7, 11) is 0. The van der Waals surface area contributed by atoms with Crippen molar-refractivity contribution in [3.8, 4) is 0 Å². The first-order valence-electron chi connectivity index (χ1n) is 5.98. The molecule has 3 N–H and O–H groups in total. The van der Waals surface area contributed by atoms with Crippen LogP contribution in [0.3, 0.4) is 0 Å². The van der Waals surface area contributed by atoms with Crippen molar-refractivity contribution < 1.29 is 5.11 Å². The second kappa shape index (κ2) is 4.84. The molecule has 1 aliphatic heterocycles. The molecule has 0 unspecified atom stereocenters. The molecule has 0 atom stereocenters. The van der Waals surface area contributed by atoms with E-state index in [9.17, 15) is 5.11 Å². The van der Waals surface area contributed by atoms with Crippen molar-refractivity contribution in [2.75, 3.05) is 18.0 Å². The number of benzene rings is 1. The molecule has 0 amide bonds. The van der Waals surface area contributed by atoms with Gasteiger partial charge in [0.2, 0.25) is 0 Å². The van der Waals surface area contributed by atoms with Crippen LogP contribution >= 0.6 is 11.6 Å². The molecule has 2 rings (SSSR count). The number of aliphatic hydroxyl groups is 1. The van der Waals surface area contributed by atoms with E-state index in [2.05, 4.69) is 4.90 Å². The van der Waals surface area contributed by atoms with Crippen molar-refractivity contribution in [1.29, 1.82) is 0 Å². The average molecular weight is 255 g/mol. The third kappa shape index (κ3) is 2.73. The van der Waals surface area contributed by atoms with E-state index in [0.717, 1.165) is 42.2 Å². The molecule has 1 fully saturated rings. The molecule has 1 aromatic carbocycles. The maximum absolute atomic E-state index is 9.94. The van der Waals surface area contributed by atoms with Gasteiger partial charge in [-0.15, -0.1) is 0 Å². The summed E-state index contributed by atoms with van der Waals surface area (Å²) in [6, 6.07) is 5.87. The van der Waals surface area contributed by atoms with Crippen molar-refractivity contribution in [3.05, 3.63) is 28.8 Å². The Kier molecular flexibility index (Phi) is 3.61. The summed E-state index contributed by atoms with van der Waals surface area (Å²) in [6.45, 7) is 4.04. The van der Waals surface area contributed by atoms with Crippen molar-refractivity contribution in [1.82, 2.24) is 0 Å². The number of anilines is 1. The number of nitrogens with zero attached hydrogens (tertiary/aromatic N) is 1. The highest BCUT2D eigenvalue weighted by Gasteiger charge is 2.28. The van der Waals surface area contributed by atoms with Crippen LogP contribution in [0.2, 0.25) is 5.02 Å². The molecule has 1 aromatic rings. The summed E-state index contributed by atoms with van der Waals surface area (Å²) >= 11 is 6.15. The first kappa shape index (κ1) is 12.7. The summed E-state index contributed by atoms with van der Waals surface area (Å²) in [6.07, 6.45) is 1.56. The van der Waals surface area contributed by atoms with E-state index in [1.165, 1.54) is 0 Å². The number of halogens is 1. The highest BCUT2D eigenvalue weighted by Crippen LogP contribution is 2.31. The van der Waals surface area contributed by atoms with Gasteiger partial charge in [0.05, 0.1) is 5.60 Å². The quantitative estimate of drug-likeness (QED) is 0.850. The molecule has 0 radical (unpaired) electrons. The predicted octanol–water partition coefficient (Wildman–Crippen LogP) is 2.15. The Morgan fingerprint density at radius 3 is 2.65 bits per heavy atom. The first-order chi connectivity index (χ1) is 8.03. The van der Waals surface area contributed by atoms with Gasteiger partial charge in [-0.05, 0) is 31.9 Å². The number of hydrogen-bond acceptors (Lipinski definition) is 3. The summed E-state index contributed by atoms with van der Waals surface area (Å²) in [5, 5.41) is 10.7. The first-order valence-corrected chi connectivity index (χ1v) is 6.36. The molecule has 0 saturated carbocycles. The SMILES string of the molecule is CC1(O)CCN(c2cccc(Cl)c2CN)CC1. The lowest BCUT2D eigenvalue weighted by Gasteiger charge is -2.38. The predicted molar refractivity (Wildman–Crippen MR) is 71.4 cm³/mol. The smallest absolute Gasteiger partial charge is 0.0653 e. The third-order valence-corrected chi connectivity index (χ3v) is 3.83. The highest BCUT2D eigenvalue weighted by atomic mass is 35.5. The molecular formula is C13H19ClN2O. The number of rotatable bonds is 2. The number of piperidine rings is 1. The molecule has 4 heteroatoms. The maximum atomic E-state index is 9.94. The standard InChI is InChI=1S/C13H19ClN2O/c1-13(17)5-7-16(8-6-13)12-4-2-3-11(14)10(12)9-15/h2-4,17H,5-9,15H2,1H3. The molecule has 0 aromatic heterocycles. The van der Waals surface area contributed by atoms with Gasteiger partial charge in [-0.3, -0.25) is 0 Å². The van der Waals surface area contributed by atoms with Crippen molar-refractivity contribution in [2.24, 2.45) is 5.73 Å². The summed E-state index contributed by atoms with van der Waals surface area (Å²) in [5.74, 6) is 0. The van der Waals surface area contributed by atoms with Gasteiger partial charge in [-0.25, -0.2) is 0 Å². The molecule has 1 aliphatic rings. The lowest BCUT2D eigenvalue weighted by atomic mass is 9.93. The topological polar surface area (TPSA) is 49.5 Å². The molecule has 1 heterocycles. The Labute approximate surface area is 107 Å². The van der Waals surface area contributed by atoms with Crippen LogP contribution in [0.5, 0.6) is 0 Å². The zero-order valence-corrected chi connectivity index (χ0v) is 10.9. The lowest BCUT2D eigenvalue weighted by Crippen LogP contribution is -2.42. The van der Waals surface area contributed by atoms with E-state index in [4.69, 9.17) is 17.3 Å². The Hall–Kier alpha value is -0.770. The van der Waals surface area contributed by atoms with Crippen molar-refractivity contribution >= 4 is 17.3 Å². The van der Waals surface area contributed by atoms with Crippen LogP contribution < -0.4 is 10.6 Å². The van der Waals surface area contributed by atoms with Crippen LogP contribution in [0, 0.1) is 0 Å².